The Labute approximate surface area is 132 Å². The molecule has 0 spiro atoms. The summed E-state index contributed by atoms with van der Waals surface area (Å²) in [6, 6.07) is -0.494. The molecular weight excluding hydrogens is 286 g/mol. The van der Waals surface area contributed by atoms with Gasteiger partial charge in [-0.2, -0.15) is 0 Å². The van der Waals surface area contributed by atoms with Crippen LogP contribution in [-0.4, -0.2) is 46.5 Å². The third kappa shape index (κ3) is 4.22. The molecule has 1 fully saturated rings. The van der Waals surface area contributed by atoms with Gasteiger partial charge in [0.1, 0.15) is 23.5 Å². The van der Waals surface area contributed by atoms with E-state index in [0.29, 0.717) is 0 Å². The summed E-state index contributed by atoms with van der Waals surface area (Å²) in [5.41, 5.74) is -1.50. The molecule has 1 rings (SSSR count). The lowest BCUT2D eigenvalue weighted by Gasteiger charge is -2.36. The van der Waals surface area contributed by atoms with Crippen LogP contribution >= 0.6 is 0 Å². The molecule has 6 nitrogen and oxygen atoms in total. The highest BCUT2D eigenvalue weighted by Gasteiger charge is 2.52. The third-order valence-electron chi connectivity index (χ3n) is 3.29. The first-order valence-electron chi connectivity index (χ1n) is 7.39. The molecule has 1 amide bonds. The Morgan fingerprint density at radius 3 is 2.32 bits per heavy atom. The van der Waals surface area contributed by atoms with Crippen LogP contribution in [0.25, 0.3) is 0 Å². The number of rotatable bonds is 3. The van der Waals surface area contributed by atoms with Crippen LogP contribution in [0, 0.1) is 0 Å². The monoisotopic (exact) mass is 313 g/mol. The molecule has 0 bridgehead atoms. The molecule has 22 heavy (non-hydrogen) atoms. The lowest BCUT2D eigenvalue weighted by Crippen LogP contribution is -2.54. The summed E-state index contributed by atoms with van der Waals surface area (Å²) in [6.45, 7) is 15.8. The predicted octanol–water partition coefficient (Wildman–Crippen LogP) is 2.86. The topological polar surface area (TPSA) is 65.1 Å². The van der Waals surface area contributed by atoms with E-state index in [1.165, 1.54) is 17.9 Å². The average Bonchev–Trinajstić information content (AvgIpc) is 2.52. The van der Waals surface area contributed by atoms with E-state index in [2.05, 4.69) is 6.58 Å². The number of carbonyl (C=O) groups excluding carboxylic acids is 2. The van der Waals surface area contributed by atoms with Gasteiger partial charge in [-0.1, -0.05) is 6.58 Å². The Hall–Kier alpha value is -1.56. The Morgan fingerprint density at radius 2 is 1.91 bits per heavy atom. The van der Waals surface area contributed by atoms with E-state index in [1.54, 1.807) is 34.6 Å². The van der Waals surface area contributed by atoms with Crippen molar-refractivity contribution >= 4 is 12.1 Å². The molecular formula is C16H27NO5. The van der Waals surface area contributed by atoms with Crippen LogP contribution in [0.3, 0.4) is 0 Å². The van der Waals surface area contributed by atoms with Crippen LogP contribution in [0.1, 0.15) is 48.5 Å². The summed E-state index contributed by atoms with van der Waals surface area (Å²) < 4.78 is 16.6. The molecule has 1 aliphatic rings. The van der Waals surface area contributed by atoms with Gasteiger partial charge in [0, 0.05) is 6.92 Å². The normalized spacial score (nSPS) is 25.5. The molecule has 1 heterocycles. The van der Waals surface area contributed by atoms with Crippen molar-refractivity contribution < 1.29 is 23.8 Å². The van der Waals surface area contributed by atoms with Crippen LogP contribution in [0.4, 0.5) is 4.79 Å². The number of nitrogens with zero attached hydrogens (tertiary/aromatic N) is 1. The van der Waals surface area contributed by atoms with E-state index in [0.717, 1.165) is 0 Å². The fraction of sp³-hybridized carbons (Fsp3) is 0.750. The highest BCUT2D eigenvalue weighted by molar-refractivity contribution is 5.70. The fourth-order valence-electron chi connectivity index (χ4n) is 2.67. The SMILES string of the molecule is C=CC(OC(C)=O)[C@H]1[C@H](C)OC(C)(C)N1C(=O)OC(C)(C)C. The Balaban J connectivity index is 3.13. The third-order valence-corrected chi connectivity index (χ3v) is 3.29. The molecule has 1 aliphatic heterocycles. The van der Waals surface area contributed by atoms with Crippen molar-refractivity contribution in [3.8, 4) is 0 Å². The second-order valence-electron chi connectivity index (χ2n) is 6.92. The lowest BCUT2D eigenvalue weighted by molar-refractivity contribution is -0.147. The molecule has 1 unspecified atom stereocenters. The zero-order chi connectivity index (χ0) is 17.3. The summed E-state index contributed by atoms with van der Waals surface area (Å²) >= 11 is 0. The van der Waals surface area contributed by atoms with Crippen molar-refractivity contribution in [2.45, 2.75) is 78.0 Å². The van der Waals surface area contributed by atoms with Crippen molar-refractivity contribution in [1.82, 2.24) is 4.90 Å². The first-order chi connectivity index (χ1) is 9.89. The molecule has 0 saturated carbocycles. The molecule has 1 saturated heterocycles. The van der Waals surface area contributed by atoms with Gasteiger partial charge in [0.2, 0.25) is 0 Å². The highest BCUT2D eigenvalue weighted by atomic mass is 16.6. The lowest BCUT2D eigenvalue weighted by atomic mass is 10.0. The van der Waals surface area contributed by atoms with Gasteiger partial charge in [0.05, 0.1) is 6.10 Å². The van der Waals surface area contributed by atoms with E-state index in [4.69, 9.17) is 14.2 Å². The molecule has 6 heteroatoms. The summed E-state index contributed by atoms with van der Waals surface area (Å²) in [5, 5.41) is 0. The largest absolute Gasteiger partial charge is 0.456 e. The highest BCUT2D eigenvalue weighted by Crippen LogP contribution is 2.36. The molecule has 3 atom stereocenters. The van der Waals surface area contributed by atoms with Gasteiger partial charge >= 0.3 is 12.1 Å². The molecule has 0 N–H and O–H groups in total. The Morgan fingerprint density at radius 1 is 1.36 bits per heavy atom. The maximum Gasteiger partial charge on any atom is 0.413 e. The smallest absolute Gasteiger partial charge is 0.413 e. The van der Waals surface area contributed by atoms with E-state index >= 15 is 0 Å². The van der Waals surface area contributed by atoms with Crippen molar-refractivity contribution in [1.29, 1.82) is 0 Å². The van der Waals surface area contributed by atoms with E-state index < -0.39 is 35.5 Å². The number of hydrogen-bond donors (Lipinski definition) is 0. The molecule has 0 aromatic carbocycles. The maximum atomic E-state index is 12.6. The van der Waals surface area contributed by atoms with Gasteiger partial charge in [0.25, 0.3) is 0 Å². The van der Waals surface area contributed by atoms with Crippen LogP contribution in [0.2, 0.25) is 0 Å². The average molecular weight is 313 g/mol. The zero-order valence-corrected chi connectivity index (χ0v) is 14.5. The predicted molar refractivity (Wildman–Crippen MR) is 82.2 cm³/mol. The standard InChI is InChI=1S/C16H27NO5/c1-9-12(20-11(3)18)13-10(2)21-16(7,8)17(13)14(19)22-15(4,5)6/h9-10,12-13H,1H2,2-8H3/t10-,12?,13+/m0/s1. The van der Waals surface area contributed by atoms with Gasteiger partial charge < -0.3 is 14.2 Å². The molecule has 0 aliphatic carbocycles. The van der Waals surface area contributed by atoms with Crippen LogP contribution in [-0.2, 0) is 19.0 Å². The quantitative estimate of drug-likeness (QED) is 0.592. The fourth-order valence-corrected chi connectivity index (χ4v) is 2.67. The minimum Gasteiger partial charge on any atom is -0.456 e. The number of ether oxygens (including phenoxy) is 3. The Bertz CT molecular complexity index is 452. The minimum atomic E-state index is -0.867. The van der Waals surface area contributed by atoms with Crippen LogP contribution in [0.15, 0.2) is 12.7 Å². The van der Waals surface area contributed by atoms with Gasteiger partial charge in [-0.05, 0) is 47.6 Å². The van der Waals surface area contributed by atoms with Crippen LogP contribution < -0.4 is 0 Å². The van der Waals surface area contributed by atoms with E-state index in [9.17, 15) is 9.59 Å². The van der Waals surface area contributed by atoms with E-state index in [1.807, 2.05) is 6.92 Å². The van der Waals surface area contributed by atoms with Crippen LogP contribution in [0.5, 0.6) is 0 Å². The minimum absolute atomic E-state index is 0.329. The first-order valence-corrected chi connectivity index (χ1v) is 7.39. The maximum absolute atomic E-state index is 12.6. The second-order valence-corrected chi connectivity index (χ2v) is 6.92. The van der Waals surface area contributed by atoms with E-state index in [-0.39, 0.29) is 6.10 Å². The van der Waals surface area contributed by atoms with Gasteiger partial charge in [-0.3, -0.25) is 9.69 Å². The molecule has 126 valence electrons. The van der Waals surface area contributed by atoms with Gasteiger partial charge in [-0.25, -0.2) is 4.79 Å². The van der Waals surface area contributed by atoms with Crippen molar-refractivity contribution in [2.75, 3.05) is 0 Å². The first kappa shape index (κ1) is 18.5. The summed E-state index contributed by atoms with van der Waals surface area (Å²) in [6.07, 6.45) is 0.00236. The zero-order valence-electron chi connectivity index (χ0n) is 14.5. The van der Waals surface area contributed by atoms with Gasteiger partial charge in [0.15, 0.2) is 0 Å². The van der Waals surface area contributed by atoms with Crippen molar-refractivity contribution in [3.05, 3.63) is 12.7 Å². The summed E-state index contributed by atoms with van der Waals surface area (Å²) in [4.78, 5) is 25.4. The second kappa shape index (κ2) is 6.28. The summed E-state index contributed by atoms with van der Waals surface area (Å²) in [7, 11) is 0. The van der Waals surface area contributed by atoms with Crippen molar-refractivity contribution in [3.63, 3.8) is 0 Å². The van der Waals surface area contributed by atoms with Crippen molar-refractivity contribution in [2.24, 2.45) is 0 Å². The van der Waals surface area contributed by atoms with Gasteiger partial charge in [-0.15, -0.1) is 0 Å². The molecule has 0 aromatic rings. The molecule has 0 radical (unpaired) electrons. The number of esters is 1. The number of hydrogen-bond acceptors (Lipinski definition) is 5. The molecule has 0 aromatic heterocycles. The summed E-state index contributed by atoms with van der Waals surface area (Å²) in [5.74, 6) is -0.439. The number of carbonyl (C=O) groups is 2. The number of amides is 1. The Kier molecular flexibility index (Phi) is 5.28.